The van der Waals surface area contributed by atoms with E-state index in [1.54, 1.807) is 0 Å². The van der Waals surface area contributed by atoms with Gasteiger partial charge in [0.15, 0.2) is 5.82 Å². The van der Waals surface area contributed by atoms with E-state index < -0.39 is 0 Å². The van der Waals surface area contributed by atoms with Gasteiger partial charge in [0.1, 0.15) is 5.69 Å². The van der Waals surface area contributed by atoms with Gasteiger partial charge in [0.2, 0.25) is 0 Å². The van der Waals surface area contributed by atoms with Gasteiger partial charge in [0.25, 0.3) is 0 Å². The number of aryl methyl sites for hydroxylation is 1. The van der Waals surface area contributed by atoms with Crippen LogP contribution < -0.4 is 4.90 Å². The highest BCUT2D eigenvalue weighted by Gasteiger charge is 2.16. The van der Waals surface area contributed by atoms with E-state index in [9.17, 15) is 0 Å². The molecule has 27 heavy (non-hydrogen) atoms. The standard InChI is InChI=1S/C21H24N6/c1-14-4-6-17-16(12-14)20(25-24-17)21-22-18-7-5-15(13-19(18)23-21)27-9-3-8-26(2)10-11-27/h4-7,12-13H,3,8-11H2,1-2H3,(H,22,23)(H,24,25). The van der Waals surface area contributed by atoms with Gasteiger partial charge in [-0.2, -0.15) is 5.10 Å². The highest BCUT2D eigenvalue weighted by atomic mass is 15.2. The maximum absolute atomic E-state index is 4.79. The van der Waals surface area contributed by atoms with Crippen LogP contribution in [0.1, 0.15) is 12.0 Å². The van der Waals surface area contributed by atoms with Crippen LogP contribution in [0, 0.1) is 6.92 Å². The first-order valence-electron chi connectivity index (χ1n) is 9.56. The molecule has 0 unspecified atom stereocenters. The summed E-state index contributed by atoms with van der Waals surface area (Å²) in [6.45, 7) is 6.52. The van der Waals surface area contributed by atoms with E-state index in [1.807, 2.05) is 0 Å². The third-order valence-corrected chi connectivity index (χ3v) is 5.49. The minimum atomic E-state index is 0.814. The number of nitrogens with zero attached hydrogens (tertiary/aromatic N) is 4. The summed E-state index contributed by atoms with van der Waals surface area (Å²) in [6.07, 6.45) is 1.20. The van der Waals surface area contributed by atoms with Crippen LogP contribution in [-0.4, -0.2) is 58.3 Å². The molecule has 0 saturated carbocycles. The number of aromatic amines is 2. The van der Waals surface area contributed by atoms with Gasteiger partial charge in [-0.3, -0.25) is 5.10 Å². The Balaban J connectivity index is 1.53. The van der Waals surface area contributed by atoms with E-state index in [0.717, 1.165) is 53.1 Å². The summed E-state index contributed by atoms with van der Waals surface area (Å²) in [5.41, 5.74) is 6.42. The maximum Gasteiger partial charge on any atom is 0.159 e. The van der Waals surface area contributed by atoms with E-state index in [-0.39, 0.29) is 0 Å². The summed E-state index contributed by atoms with van der Waals surface area (Å²) in [4.78, 5) is 13.1. The van der Waals surface area contributed by atoms with Gasteiger partial charge in [-0.05, 0) is 57.3 Å². The van der Waals surface area contributed by atoms with Gasteiger partial charge in [0, 0.05) is 30.7 Å². The smallest absolute Gasteiger partial charge is 0.159 e. The average molecular weight is 360 g/mol. The van der Waals surface area contributed by atoms with Crippen LogP contribution >= 0.6 is 0 Å². The number of anilines is 1. The lowest BCUT2D eigenvalue weighted by atomic mass is 10.1. The zero-order chi connectivity index (χ0) is 18.4. The molecular formula is C21H24N6. The molecule has 6 heteroatoms. The summed E-state index contributed by atoms with van der Waals surface area (Å²) >= 11 is 0. The first-order valence-corrected chi connectivity index (χ1v) is 9.56. The Bertz CT molecular complexity index is 1110. The number of rotatable bonds is 2. The average Bonchev–Trinajstić information content (AvgIpc) is 3.20. The Kier molecular flexibility index (Phi) is 3.86. The fourth-order valence-corrected chi connectivity index (χ4v) is 3.92. The van der Waals surface area contributed by atoms with Gasteiger partial charge >= 0.3 is 0 Å². The predicted octanol–water partition coefficient (Wildman–Crippen LogP) is 3.56. The van der Waals surface area contributed by atoms with Gasteiger partial charge in [-0.1, -0.05) is 11.6 Å². The summed E-state index contributed by atoms with van der Waals surface area (Å²) in [5, 5.41) is 8.71. The Morgan fingerprint density at radius 3 is 2.81 bits per heavy atom. The number of hydrogen-bond donors (Lipinski definition) is 2. The van der Waals surface area contributed by atoms with E-state index in [4.69, 9.17) is 4.98 Å². The largest absolute Gasteiger partial charge is 0.370 e. The maximum atomic E-state index is 4.79. The molecule has 4 aromatic rings. The van der Waals surface area contributed by atoms with Crippen LogP contribution in [0.2, 0.25) is 0 Å². The molecule has 1 aliphatic rings. The number of nitrogens with one attached hydrogen (secondary N) is 2. The topological polar surface area (TPSA) is 63.8 Å². The molecule has 6 nitrogen and oxygen atoms in total. The first kappa shape index (κ1) is 16.3. The van der Waals surface area contributed by atoms with Crippen molar-refractivity contribution in [1.82, 2.24) is 25.1 Å². The van der Waals surface area contributed by atoms with Crippen molar-refractivity contribution in [3.8, 4) is 11.5 Å². The highest BCUT2D eigenvalue weighted by molar-refractivity contribution is 5.93. The zero-order valence-corrected chi connectivity index (χ0v) is 15.8. The number of aromatic nitrogens is 4. The van der Waals surface area contributed by atoms with Gasteiger partial charge in [-0.15, -0.1) is 0 Å². The third kappa shape index (κ3) is 2.96. The van der Waals surface area contributed by atoms with E-state index in [2.05, 4.69) is 75.4 Å². The Morgan fingerprint density at radius 1 is 0.963 bits per heavy atom. The zero-order valence-electron chi connectivity index (χ0n) is 15.8. The molecule has 1 fully saturated rings. The molecule has 0 aliphatic carbocycles. The third-order valence-electron chi connectivity index (χ3n) is 5.49. The van der Waals surface area contributed by atoms with Crippen LogP contribution in [0.15, 0.2) is 36.4 Å². The molecule has 2 N–H and O–H groups in total. The van der Waals surface area contributed by atoms with Crippen molar-refractivity contribution in [1.29, 1.82) is 0 Å². The van der Waals surface area contributed by atoms with Crippen LogP contribution in [0.5, 0.6) is 0 Å². The highest BCUT2D eigenvalue weighted by Crippen LogP contribution is 2.28. The fourth-order valence-electron chi connectivity index (χ4n) is 3.92. The second-order valence-corrected chi connectivity index (χ2v) is 7.55. The van der Waals surface area contributed by atoms with Crippen molar-refractivity contribution >= 4 is 27.6 Å². The molecule has 138 valence electrons. The summed E-state index contributed by atoms with van der Waals surface area (Å²) in [6, 6.07) is 12.8. The van der Waals surface area contributed by atoms with Crippen molar-refractivity contribution in [2.24, 2.45) is 0 Å². The number of fused-ring (bicyclic) bond motifs is 2. The lowest BCUT2D eigenvalue weighted by Gasteiger charge is -2.22. The predicted molar refractivity (Wildman–Crippen MR) is 110 cm³/mol. The molecule has 2 aromatic carbocycles. The molecule has 1 aliphatic heterocycles. The lowest BCUT2D eigenvalue weighted by Crippen LogP contribution is -2.28. The summed E-state index contributed by atoms with van der Waals surface area (Å²) in [7, 11) is 2.20. The number of hydrogen-bond acceptors (Lipinski definition) is 4. The summed E-state index contributed by atoms with van der Waals surface area (Å²) in [5.74, 6) is 0.814. The molecule has 1 saturated heterocycles. The monoisotopic (exact) mass is 360 g/mol. The Labute approximate surface area is 158 Å². The van der Waals surface area contributed by atoms with Crippen molar-refractivity contribution in [3.63, 3.8) is 0 Å². The molecule has 5 rings (SSSR count). The Morgan fingerprint density at radius 2 is 1.89 bits per heavy atom. The first-order chi connectivity index (χ1) is 13.2. The summed E-state index contributed by atoms with van der Waals surface area (Å²) < 4.78 is 0. The van der Waals surface area contributed by atoms with Crippen molar-refractivity contribution in [2.45, 2.75) is 13.3 Å². The van der Waals surface area contributed by atoms with Gasteiger partial charge in [-0.25, -0.2) is 4.98 Å². The Hall–Kier alpha value is -2.86. The molecule has 0 atom stereocenters. The van der Waals surface area contributed by atoms with Crippen LogP contribution in [0.3, 0.4) is 0 Å². The molecule has 0 spiro atoms. The minimum absolute atomic E-state index is 0.814. The molecular weight excluding hydrogens is 336 g/mol. The van der Waals surface area contributed by atoms with Crippen molar-refractivity contribution in [2.75, 3.05) is 38.1 Å². The second-order valence-electron chi connectivity index (χ2n) is 7.55. The number of benzene rings is 2. The van der Waals surface area contributed by atoms with Crippen LogP contribution in [0.4, 0.5) is 5.69 Å². The van der Waals surface area contributed by atoms with E-state index >= 15 is 0 Å². The van der Waals surface area contributed by atoms with E-state index in [0.29, 0.717) is 0 Å². The molecule has 3 heterocycles. The van der Waals surface area contributed by atoms with Crippen LogP contribution in [0.25, 0.3) is 33.5 Å². The molecule has 0 amide bonds. The molecule has 2 aromatic heterocycles. The van der Waals surface area contributed by atoms with Crippen molar-refractivity contribution in [3.05, 3.63) is 42.0 Å². The lowest BCUT2D eigenvalue weighted by molar-refractivity contribution is 0.360. The molecule has 0 radical (unpaired) electrons. The van der Waals surface area contributed by atoms with Gasteiger partial charge in [0.05, 0.1) is 16.6 Å². The van der Waals surface area contributed by atoms with Crippen molar-refractivity contribution < 1.29 is 0 Å². The SMILES string of the molecule is Cc1ccc2[nH]nc(-c3nc4ccc(N5CCCN(C)CC5)cc4[nH]3)c2c1. The minimum Gasteiger partial charge on any atom is -0.370 e. The molecule has 0 bridgehead atoms. The van der Waals surface area contributed by atoms with Crippen LogP contribution in [-0.2, 0) is 0 Å². The number of imidazole rings is 1. The van der Waals surface area contributed by atoms with E-state index in [1.165, 1.54) is 24.2 Å². The number of H-pyrrole nitrogens is 2. The quantitative estimate of drug-likeness (QED) is 0.574. The normalized spacial score (nSPS) is 16.3. The number of likely N-dealkylation sites (N-methyl/N-ethyl adjacent to an activating group) is 1. The van der Waals surface area contributed by atoms with Gasteiger partial charge < -0.3 is 14.8 Å². The second kappa shape index (κ2) is 6.39. The fraction of sp³-hybridized carbons (Fsp3) is 0.333.